The van der Waals surface area contributed by atoms with Crippen molar-refractivity contribution in [1.82, 2.24) is 0 Å². The molecule has 214 valence electrons. The molecule has 5 heteroatoms. The Morgan fingerprint density at radius 3 is 2.00 bits per heavy atom. The highest BCUT2D eigenvalue weighted by Gasteiger charge is 2.58. The Bertz CT molecular complexity index is 1730. The first-order valence-electron chi connectivity index (χ1n) is 14.4. The third-order valence-corrected chi connectivity index (χ3v) is 9.23. The van der Waals surface area contributed by atoms with Gasteiger partial charge in [-0.05, 0) is 99.5 Å². The summed E-state index contributed by atoms with van der Waals surface area (Å²) >= 11 is 0. The lowest BCUT2D eigenvalue weighted by Gasteiger charge is -2.30. The van der Waals surface area contributed by atoms with E-state index < -0.39 is 17.6 Å². The predicted molar refractivity (Wildman–Crippen MR) is 161 cm³/mol. The molecule has 0 saturated heterocycles. The second kappa shape index (κ2) is 10.0. The Hall–Kier alpha value is -4.12. The number of carbonyl (C=O) groups is 1. The van der Waals surface area contributed by atoms with Crippen LogP contribution in [0, 0.1) is 0 Å². The van der Waals surface area contributed by atoms with Gasteiger partial charge >= 0.3 is 12.1 Å². The Kier molecular flexibility index (Phi) is 6.68. The third kappa shape index (κ3) is 4.29. The molecule has 4 aromatic rings. The van der Waals surface area contributed by atoms with Crippen molar-refractivity contribution < 1.29 is 22.7 Å². The fraction of sp³-hybridized carbons (Fsp3) is 0.270. The number of aryl methyl sites for hydroxylation is 1. The lowest BCUT2D eigenvalue weighted by atomic mass is 9.78. The minimum absolute atomic E-state index is 0.260. The van der Waals surface area contributed by atoms with Crippen molar-refractivity contribution >= 4 is 5.97 Å². The molecule has 0 spiro atoms. The Labute approximate surface area is 244 Å². The number of halogens is 3. The third-order valence-electron chi connectivity index (χ3n) is 9.23. The molecule has 0 amide bonds. The first kappa shape index (κ1) is 28.0. The normalized spacial score (nSPS) is 17.7. The SMILES string of the molecule is C=CC(=O)OCCCCc1ccc2c(c1)C(C)(C)c1cc(-c3ccc4c(c3)C(C)(C(F)(F)F)c3ccccc3-4)ccc1-2. The van der Waals surface area contributed by atoms with Crippen LogP contribution in [0.5, 0.6) is 0 Å². The van der Waals surface area contributed by atoms with Gasteiger partial charge in [0.1, 0.15) is 5.41 Å². The van der Waals surface area contributed by atoms with Crippen LogP contribution in [0.4, 0.5) is 13.2 Å². The van der Waals surface area contributed by atoms with Crippen LogP contribution >= 0.6 is 0 Å². The molecule has 0 aromatic heterocycles. The molecule has 2 nitrogen and oxygen atoms in total. The second-order valence-electron chi connectivity index (χ2n) is 12.0. The average Bonchev–Trinajstić information content (AvgIpc) is 3.37. The Balaban J connectivity index is 1.31. The number of esters is 1. The summed E-state index contributed by atoms with van der Waals surface area (Å²) < 4.78 is 49.0. The predicted octanol–water partition coefficient (Wildman–Crippen LogP) is 9.56. The molecular formula is C37H33F3O2. The highest BCUT2D eigenvalue weighted by atomic mass is 19.4. The fourth-order valence-electron chi connectivity index (χ4n) is 6.76. The topological polar surface area (TPSA) is 26.3 Å². The van der Waals surface area contributed by atoms with Crippen LogP contribution in [-0.2, 0) is 26.8 Å². The van der Waals surface area contributed by atoms with E-state index in [-0.39, 0.29) is 5.41 Å². The quantitative estimate of drug-likeness (QED) is 0.126. The number of benzene rings is 4. The number of rotatable bonds is 7. The van der Waals surface area contributed by atoms with Crippen LogP contribution < -0.4 is 0 Å². The van der Waals surface area contributed by atoms with E-state index in [1.54, 1.807) is 30.3 Å². The zero-order valence-corrected chi connectivity index (χ0v) is 24.1. The van der Waals surface area contributed by atoms with E-state index in [0.717, 1.165) is 36.0 Å². The molecule has 1 unspecified atom stereocenters. The van der Waals surface area contributed by atoms with Crippen LogP contribution in [0.15, 0.2) is 91.5 Å². The van der Waals surface area contributed by atoms with Gasteiger partial charge in [-0.1, -0.05) is 87.2 Å². The van der Waals surface area contributed by atoms with Crippen molar-refractivity contribution in [2.45, 2.75) is 57.0 Å². The maximum atomic E-state index is 14.6. The highest BCUT2D eigenvalue weighted by Crippen LogP contribution is 2.57. The maximum Gasteiger partial charge on any atom is 0.402 e. The first-order chi connectivity index (χ1) is 20.0. The van der Waals surface area contributed by atoms with E-state index in [9.17, 15) is 18.0 Å². The lowest BCUT2D eigenvalue weighted by molar-refractivity contribution is -0.172. The van der Waals surface area contributed by atoms with E-state index in [2.05, 4.69) is 50.8 Å². The van der Waals surface area contributed by atoms with E-state index in [4.69, 9.17) is 4.74 Å². The molecule has 0 aliphatic heterocycles. The van der Waals surface area contributed by atoms with Crippen LogP contribution in [0.2, 0.25) is 0 Å². The van der Waals surface area contributed by atoms with E-state index >= 15 is 0 Å². The van der Waals surface area contributed by atoms with Gasteiger partial charge in [0.05, 0.1) is 6.61 Å². The minimum atomic E-state index is -4.43. The van der Waals surface area contributed by atoms with Crippen molar-refractivity contribution in [2.75, 3.05) is 6.61 Å². The standard InChI is InChI=1S/C37H33F3O2/c1-5-34(41)42-19-9-8-10-23-13-16-27-28-17-14-24(21-32(28)35(2,3)31(27)20-23)25-15-18-29-26-11-6-7-12-30(26)36(4,33(29)22-25)37(38,39)40/h5-7,11-18,20-22H,1,8-10,19H2,2-4H3. The number of hydrogen-bond donors (Lipinski definition) is 0. The summed E-state index contributed by atoms with van der Waals surface area (Å²) in [4.78, 5) is 11.2. The largest absolute Gasteiger partial charge is 0.463 e. The average molecular weight is 567 g/mol. The smallest absolute Gasteiger partial charge is 0.402 e. The molecule has 6 rings (SSSR count). The summed E-state index contributed by atoms with van der Waals surface area (Å²) in [5.41, 5.74) is 7.29. The summed E-state index contributed by atoms with van der Waals surface area (Å²) in [6.07, 6.45) is -0.689. The molecule has 0 heterocycles. The van der Waals surface area contributed by atoms with Gasteiger partial charge in [-0.25, -0.2) is 4.79 Å². The molecule has 2 aliphatic carbocycles. The monoisotopic (exact) mass is 566 g/mol. The molecule has 42 heavy (non-hydrogen) atoms. The Morgan fingerprint density at radius 1 is 0.762 bits per heavy atom. The summed E-state index contributed by atoms with van der Waals surface area (Å²) in [6.45, 7) is 9.51. The minimum Gasteiger partial charge on any atom is -0.463 e. The van der Waals surface area contributed by atoms with E-state index in [1.807, 2.05) is 18.2 Å². The summed E-state index contributed by atoms with van der Waals surface area (Å²) in [6, 6.07) is 25.3. The zero-order valence-electron chi connectivity index (χ0n) is 24.1. The van der Waals surface area contributed by atoms with Gasteiger partial charge < -0.3 is 4.74 Å². The summed E-state index contributed by atoms with van der Waals surface area (Å²) in [7, 11) is 0. The lowest BCUT2D eigenvalue weighted by Crippen LogP contribution is -2.38. The molecule has 0 bridgehead atoms. The van der Waals surface area contributed by atoms with Crippen molar-refractivity contribution in [3.05, 3.63) is 119 Å². The fourth-order valence-corrected chi connectivity index (χ4v) is 6.76. The van der Waals surface area contributed by atoms with Gasteiger partial charge in [-0.15, -0.1) is 0 Å². The van der Waals surface area contributed by atoms with Crippen molar-refractivity contribution in [1.29, 1.82) is 0 Å². The summed E-state index contributed by atoms with van der Waals surface area (Å²) in [5.74, 6) is -0.397. The van der Waals surface area contributed by atoms with Crippen LogP contribution in [0.3, 0.4) is 0 Å². The van der Waals surface area contributed by atoms with E-state index in [0.29, 0.717) is 28.9 Å². The number of ether oxygens (including phenoxy) is 1. The van der Waals surface area contributed by atoms with Gasteiger partial charge in [0.15, 0.2) is 0 Å². The van der Waals surface area contributed by atoms with Crippen molar-refractivity contribution in [3.8, 4) is 33.4 Å². The molecule has 0 N–H and O–H groups in total. The molecule has 0 fully saturated rings. The molecule has 0 saturated carbocycles. The second-order valence-corrected chi connectivity index (χ2v) is 12.0. The molecular weight excluding hydrogens is 533 g/mol. The van der Waals surface area contributed by atoms with Gasteiger partial charge in [0, 0.05) is 11.5 Å². The number of carbonyl (C=O) groups excluding carboxylic acids is 1. The molecule has 2 aliphatic rings. The van der Waals surface area contributed by atoms with Crippen molar-refractivity contribution in [2.24, 2.45) is 0 Å². The van der Waals surface area contributed by atoms with Crippen molar-refractivity contribution in [3.63, 3.8) is 0 Å². The van der Waals surface area contributed by atoms with Gasteiger partial charge in [-0.2, -0.15) is 13.2 Å². The van der Waals surface area contributed by atoms with Crippen LogP contribution in [0.1, 0.15) is 61.4 Å². The number of alkyl halides is 3. The van der Waals surface area contributed by atoms with Gasteiger partial charge in [0.2, 0.25) is 0 Å². The molecule has 0 radical (unpaired) electrons. The molecule has 4 aromatic carbocycles. The summed E-state index contributed by atoms with van der Waals surface area (Å²) in [5, 5.41) is 0. The maximum absolute atomic E-state index is 14.6. The Morgan fingerprint density at radius 2 is 1.33 bits per heavy atom. The highest BCUT2D eigenvalue weighted by molar-refractivity contribution is 5.87. The number of unbranched alkanes of at least 4 members (excludes halogenated alkanes) is 1. The first-order valence-corrected chi connectivity index (χ1v) is 14.4. The molecule has 1 atom stereocenters. The van der Waals surface area contributed by atoms with Crippen LogP contribution in [0.25, 0.3) is 33.4 Å². The number of hydrogen-bond acceptors (Lipinski definition) is 2. The van der Waals surface area contributed by atoms with Gasteiger partial charge in [-0.3, -0.25) is 0 Å². The van der Waals surface area contributed by atoms with E-state index in [1.165, 1.54) is 35.3 Å². The van der Waals surface area contributed by atoms with Gasteiger partial charge in [0.25, 0.3) is 0 Å². The zero-order chi connectivity index (χ0) is 29.9. The number of fused-ring (bicyclic) bond motifs is 6. The van der Waals surface area contributed by atoms with Crippen LogP contribution in [-0.4, -0.2) is 18.8 Å².